The van der Waals surface area contributed by atoms with Crippen LogP contribution in [0.2, 0.25) is 9.26 Å². The molecule has 168 valence electrons. The van der Waals surface area contributed by atoms with E-state index in [0.29, 0.717) is 6.04 Å². The van der Waals surface area contributed by atoms with Gasteiger partial charge >= 0.3 is 188 Å². The number of nitrogens with zero attached hydrogens (tertiary/aromatic N) is 1. The number of allylic oxidation sites excluding steroid dienone is 10. The van der Waals surface area contributed by atoms with Crippen molar-refractivity contribution >= 4 is 49.1 Å². The Bertz CT molecular complexity index is 1270. The van der Waals surface area contributed by atoms with E-state index in [1.807, 2.05) is 11.8 Å². The van der Waals surface area contributed by atoms with Gasteiger partial charge in [-0.1, -0.05) is 0 Å². The van der Waals surface area contributed by atoms with Crippen molar-refractivity contribution in [3.8, 4) is 0 Å². The van der Waals surface area contributed by atoms with Crippen LogP contribution in [0.3, 0.4) is 0 Å². The van der Waals surface area contributed by atoms with E-state index in [-0.39, 0.29) is 24.8 Å². The number of hydrogen-bond acceptors (Lipinski definition) is 2. The number of rotatable bonds is 4. The first kappa shape index (κ1) is 25.8. The van der Waals surface area contributed by atoms with E-state index >= 15 is 0 Å². The van der Waals surface area contributed by atoms with E-state index in [4.69, 9.17) is 0 Å². The van der Waals surface area contributed by atoms with Gasteiger partial charge in [0.1, 0.15) is 0 Å². The number of benzene rings is 1. The minimum absolute atomic E-state index is 0. The van der Waals surface area contributed by atoms with Crippen LogP contribution in [0.25, 0.3) is 0 Å². The van der Waals surface area contributed by atoms with Crippen molar-refractivity contribution in [1.29, 1.82) is 0 Å². The number of thioether (sulfide) groups is 1. The Morgan fingerprint density at radius 3 is 2.38 bits per heavy atom. The van der Waals surface area contributed by atoms with Crippen molar-refractivity contribution in [2.45, 2.75) is 29.2 Å². The Labute approximate surface area is 211 Å². The average Bonchev–Trinajstić information content (AvgIpc) is 3.41. The normalized spacial score (nSPS) is 21.6. The molecule has 0 radical (unpaired) electrons. The molecule has 0 N–H and O–H groups in total. The Morgan fingerprint density at radius 2 is 1.72 bits per heavy atom. The van der Waals surface area contributed by atoms with Gasteiger partial charge in [-0.25, -0.2) is 0 Å². The summed E-state index contributed by atoms with van der Waals surface area (Å²) in [7, 11) is 0. The summed E-state index contributed by atoms with van der Waals surface area (Å²) in [5.41, 5.74) is 8.59. The molecule has 0 bridgehead atoms. The van der Waals surface area contributed by atoms with Gasteiger partial charge in [-0.3, -0.25) is 0 Å². The van der Waals surface area contributed by atoms with Crippen LogP contribution >= 0.6 is 36.6 Å². The molecular weight excluding hydrogens is 549 g/mol. The summed E-state index contributed by atoms with van der Waals surface area (Å²) in [5, 5.41) is 0. The first-order valence-corrected chi connectivity index (χ1v) is 25.2. The molecule has 1 aliphatic heterocycles. The Kier molecular flexibility index (Phi) is 7.09. The summed E-state index contributed by atoms with van der Waals surface area (Å²) in [6, 6.07) is 11.2. The first-order valence-electron chi connectivity index (χ1n) is 10.7. The summed E-state index contributed by atoms with van der Waals surface area (Å²) < 4.78 is 8.60. The molecule has 3 aliphatic carbocycles. The Morgan fingerprint density at radius 1 is 1.03 bits per heavy atom. The van der Waals surface area contributed by atoms with E-state index in [0.717, 1.165) is 0 Å². The minimum Gasteiger partial charge on any atom is -0.147 e. The van der Waals surface area contributed by atoms with Crippen molar-refractivity contribution in [2.24, 2.45) is 0 Å². The largest absolute Gasteiger partial charge is 0.147 e. The molecule has 6 heteroatoms. The van der Waals surface area contributed by atoms with Gasteiger partial charge in [0.2, 0.25) is 0 Å². The second-order valence-corrected chi connectivity index (χ2v) is 38.9. The maximum Gasteiger partial charge on any atom is -0.147 e. The summed E-state index contributed by atoms with van der Waals surface area (Å²) in [5.74, 6) is 0. The molecule has 1 heterocycles. The summed E-state index contributed by atoms with van der Waals surface area (Å²) in [6.07, 6.45) is 16.6. The third-order valence-electron chi connectivity index (χ3n) is 6.94. The van der Waals surface area contributed by atoms with Crippen molar-refractivity contribution in [3.05, 3.63) is 106 Å². The maximum atomic E-state index is 2.64. The topological polar surface area (TPSA) is 3.24 Å². The second-order valence-electron chi connectivity index (χ2n) is 9.78. The molecule has 0 spiro atoms. The fourth-order valence-corrected chi connectivity index (χ4v) is 21.9. The summed E-state index contributed by atoms with van der Waals surface area (Å²) in [6.45, 7) is 7.01. The van der Waals surface area contributed by atoms with Crippen LogP contribution in [0.5, 0.6) is 0 Å². The van der Waals surface area contributed by atoms with E-state index in [1.54, 1.807) is 6.56 Å². The molecule has 1 unspecified atom stereocenters. The molecule has 32 heavy (non-hydrogen) atoms. The van der Waals surface area contributed by atoms with Crippen LogP contribution in [0.4, 0.5) is 5.69 Å². The summed E-state index contributed by atoms with van der Waals surface area (Å²) >= 11 is -1.56. The predicted octanol–water partition coefficient (Wildman–Crippen LogP) is 7.18. The molecule has 0 fully saturated rings. The van der Waals surface area contributed by atoms with Crippen LogP contribution < -0.4 is 4.90 Å². The first-order chi connectivity index (χ1) is 14.2. The molecule has 1 nitrogen and oxygen atoms in total. The van der Waals surface area contributed by atoms with Crippen molar-refractivity contribution in [1.82, 2.24) is 0 Å². The van der Waals surface area contributed by atoms with E-state index in [2.05, 4.69) is 108 Å². The average molecular weight is 580 g/mol. The number of fused-ring (bicyclic) bond motifs is 2. The zero-order chi connectivity index (χ0) is 21.3. The van der Waals surface area contributed by atoms with Crippen LogP contribution in [0.15, 0.2) is 106 Å². The van der Waals surface area contributed by atoms with Gasteiger partial charge in [-0.05, 0) is 0 Å². The molecule has 4 aliphatic rings. The summed E-state index contributed by atoms with van der Waals surface area (Å²) in [4.78, 5) is 3.95. The predicted molar refractivity (Wildman–Crippen MR) is 148 cm³/mol. The molecule has 1 aromatic rings. The van der Waals surface area contributed by atoms with Gasteiger partial charge < -0.3 is 0 Å². The van der Waals surface area contributed by atoms with Gasteiger partial charge in [0.25, 0.3) is 0 Å². The van der Waals surface area contributed by atoms with Gasteiger partial charge in [0.05, 0.1) is 0 Å². The monoisotopic (exact) mass is 577 g/mol. The molecule has 1 aromatic carbocycles. The second kappa shape index (κ2) is 8.78. The van der Waals surface area contributed by atoms with Crippen LogP contribution in [-0.2, 0) is 17.4 Å². The molecular formula is C26H31Cl2NSSiZr. The smallest absolute Gasteiger partial charge is 0.147 e. The number of anilines is 1. The van der Waals surface area contributed by atoms with Crippen LogP contribution in [-0.4, -0.2) is 19.2 Å². The number of hydrogen-bond donors (Lipinski definition) is 0. The quantitative estimate of drug-likeness (QED) is 0.348. The van der Waals surface area contributed by atoms with Crippen LogP contribution in [0, 0.1) is 0 Å². The molecule has 5 rings (SSSR count). The van der Waals surface area contributed by atoms with E-state index in [1.165, 1.54) is 38.6 Å². The van der Waals surface area contributed by atoms with Gasteiger partial charge in [0.15, 0.2) is 0 Å². The van der Waals surface area contributed by atoms with Gasteiger partial charge in [0, 0.05) is 0 Å². The van der Waals surface area contributed by atoms with Crippen molar-refractivity contribution in [2.75, 3.05) is 11.2 Å². The Balaban J connectivity index is 0.00000144. The molecule has 0 amide bonds. The fourth-order valence-electron chi connectivity index (χ4n) is 5.76. The third-order valence-corrected chi connectivity index (χ3v) is 22.9. The molecule has 1 atom stereocenters. The minimum atomic E-state index is -3.44. The third kappa shape index (κ3) is 3.71. The maximum absolute atomic E-state index is 3.44. The standard InChI is InChI=1S/C15H14N.C9H7S.2CH3.2ClH.H2Si.Zr/c1-11-8-13-10-12(2)16(15(13)9-11)14-6-4-3-5-7-14;1-10-9-6-5-7-3-2-4-8(7)9;;;;;;/h3-7,9-10,12H,1-2H3;2-3,5-6H,1H3;2*1H3;2*1H;1H2;. The van der Waals surface area contributed by atoms with Gasteiger partial charge in [-0.15, -0.1) is 24.8 Å². The number of halogens is 2. The van der Waals surface area contributed by atoms with E-state index < -0.39 is 17.4 Å². The van der Waals surface area contributed by atoms with Crippen molar-refractivity contribution < 1.29 is 17.4 Å². The molecule has 0 saturated heterocycles. The zero-order valence-corrected chi connectivity index (χ0v) is 25.6. The Hall–Kier alpha value is -0.770. The fraction of sp³-hybridized carbons (Fsp3) is 0.231. The molecule has 0 aromatic heterocycles. The van der Waals surface area contributed by atoms with Gasteiger partial charge in [-0.2, -0.15) is 0 Å². The van der Waals surface area contributed by atoms with Crippen molar-refractivity contribution in [3.63, 3.8) is 0 Å². The number of para-hydroxylation sites is 1. The SMILES string of the molecule is CSC1=C2C(=CC=[C]2[Zr]([CH3])([CH3])(=[SiH2])[C]2=C(C)C=C3C2=CC(C)N3c2ccccc2)C=C1.Cl.Cl. The van der Waals surface area contributed by atoms with Crippen LogP contribution in [0.1, 0.15) is 13.8 Å². The zero-order valence-electron chi connectivity index (χ0n) is 19.3. The van der Waals surface area contributed by atoms with E-state index in [9.17, 15) is 0 Å². The molecule has 0 saturated carbocycles.